The maximum atomic E-state index is 13.1. The van der Waals surface area contributed by atoms with Gasteiger partial charge in [0.15, 0.2) is 5.78 Å². The molecule has 5 heteroatoms. The third-order valence-corrected chi connectivity index (χ3v) is 2.28. The van der Waals surface area contributed by atoms with Crippen LogP contribution in [0.2, 0.25) is 0 Å². The van der Waals surface area contributed by atoms with Gasteiger partial charge in [0.1, 0.15) is 0 Å². The molecule has 0 bridgehead atoms. The molecule has 1 aliphatic rings. The largest absolute Gasteiger partial charge is 0.467 e. The van der Waals surface area contributed by atoms with E-state index in [2.05, 4.69) is 4.74 Å². The molecule has 1 heterocycles. The molecule has 1 unspecified atom stereocenters. The normalized spacial score (nSPS) is 20.1. The molecule has 80 valence electrons. The molecule has 1 rings (SSSR count). The number of carbonyl (C=O) groups is 2. The molecule has 0 amide bonds. The highest BCUT2D eigenvalue weighted by atomic mass is 19.1. The smallest absolute Gasteiger partial charge is 0.348 e. The third kappa shape index (κ3) is 2.51. The Morgan fingerprint density at radius 3 is 2.50 bits per heavy atom. The fourth-order valence-corrected chi connectivity index (χ4v) is 1.41. The number of methoxy groups -OCH3 is 1. The van der Waals surface area contributed by atoms with Crippen molar-refractivity contribution in [2.75, 3.05) is 20.3 Å². The van der Waals surface area contributed by atoms with E-state index in [1.54, 1.807) is 0 Å². The minimum Gasteiger partial charge on any atom is -0.467 e. The van der Waals surface area contributed by atoms with Crippen molar-refractivity contribution in [3.8, 4) is 0 Å². The fraction of sp³-hybridized carbons (Fsp3) is 0.778. The van der Waals surface area contributed by atoms with Crippen LogP contribution in [-0.4, -0.2) is 38.2 Å². The van der Waals surface area contributed by atoms with E-state index in [1.807, 2.05) is 0 Å². The Hall–Kier alpha value is -0.970. The topological polar surface area (TPSA) is 52.6 Å². The zero-order chi connectivity index (χ0) is 10.6. The van der Waals surface area contributed by atoms with E-state index in [4.69, 9.17) is 4.74 Å². The molecule has 0 N–H and O–H groups in total. The van der Waals surface area contributed by atoms with Crippen molar-refractivity contribution in [3.05, 3.63) is 0 Å². The standard InChI is InChI=1S/C9H13FO4/c1-13-9(12)7(10)8(11)6-2-4-14-5-3-6/h6-7H,2-5H2,1H3. The van der Waals surface area contributed by atoms with Gasteiger partial charge in [-0.15, -0.1) is 0 Å². The zero-order valence-electron chi connectivity index (χ0n) is 7.99. The van der Waals surface area contributed by atoms with Crippen molar-refractivity contribution in [2.45, 2.75) is 19.0 Å². The van der Waals surface area contributed by atoms with Crippen LogP contribution in [0.1, 0.15) is 12.8 Å². The average Bonchev–Trinajstić information content (AvgIpc) is 2.27. The van der Waals surface area contributed by atoms with E-state index in [1.165, 1.54) is 0 Å². The van der Waals surface area contributed by atoms with Gasteiger partial charge < -0.3 is 9.47 Å². The zero-order valence-corrected chi connectivity index (χ0v) is 7.99. The van der Waals surface area contributed by atoms with Gasteiger partial charge in [-0.2, -0.15) is 0 Å². The Bertz CT molecular complexity index is 223. The highest BCUT2D eigenvalue weighted by Gasteiger charge is 2.33. The van der Waals surface area contributed by atoms with E-state index in [9.17, 15) is 14.0 Å². The van der Waals surface area contributed by atoms with Gasteiger partial charge in [-0.1, -0.05) is 0 Å². The Morgan fingerprint density at radius 2 is 2.00 bits per heavy atom. The number of rotatable bonds is 3. The van der Waals surface area contributed by atoms with Gasteiger partial charge in [-0.3, -0.25) is 4.79 Å². The molecule has 14 heavy (non-hydrogen) atoms. The van der Waals surface area contributed by atoms with Crippen molar-refractivity contribution < 1.29 is 23.5 Å². The first-order valence-corrected chi connectivity index (χ1v) is 4.50. The van der Waals surface area contributed by atoms with Gasteiger partial charge in [0.05, 0.1) is 7.11 Å². The van der Waals surface area contributed by atoms with Crippen LogP contribution < -0.4 is 0 Å². The number of hydrogen-bond acceptors (Lipinski definition) is 4. The summed E-state index contributed by atoms with van der Waals surface area (Å²) < 4.78 is 22.3. The van der Waals surface area contributed by atoms with Crippen molar-refractivity contribution in [1.29, 1.82) is 0 Å². The second-order valence-corrected chi connectivity index (χ2v) is 3.17. The number of hydrogen-bond donors (Lipinski definition) is 0. The molecule has 0 saturated carbocycles. The number of Topliss-reactive ketones (excluding diaryl/α,β-unsaturated/α-hetero) is 1. The van der Waals surface area contributed by atoms with Gasteiger partial charge in [-0.05, 0) is 12.8 Å². The van der Waals surface area contributed by atoms with Crippen molar-refractivity contribution >= 4 is 11.8 Å². The van der Waals surface area contributed by atoms with Crippen LogP contribution >= 0.6 is 0 Å². The summed E-state index contributed by atoms with van der Waals surface area (Å²) in [6, 6.07) is 0. The van der Waals surface area contributed by atoms with E-state index in [0.29, 0.717) is 26.1 Å². The average molecular weight is 204 g/mol. The van der Waals surface area contributed by atoms with E-state index in [0.717, 1.165) is 7.11 Å². The van der Waals surface area contributed by atoms with Crippen LogP contribution in [0.4, 0.5) is 4.39 Å². The van der Waals surface area contributed by atoms with Gasteiger partial charge in [0.2, 0.25) is 0 Å². The number of ether oxygens (including phenoxy) is 2. The molecule has 1 saturated heterocycles. The summed E-state index contributed by atoms with van der Waals surface area (Å²) in [5.41, 5.74) is 0. The van der Waals surface area contributed by atoms with Crippen molar-refractivity contribution in [1.82, 2.24) is 0 Å². The Morgan fingerprint density at radius 1 is 1.43 bits per heavy atom. The molecule has 1 atom stereocenters. The molecule has 1 aliphatic heterocycles. The van der Waals surface area contributed by atoms with E-state index < -0.39 is 23.8 Å². The maximum absolute atomic E-state index is 13.1. The molecule has 0 aliphatic carbocycles. The van der Waals surface area contributed by atoms with Crippen LogP contribution in [0.5, 0.6) is 0 Å². The number of halogens is 1. The highest BCUT2D eigenvalue weighted by molar-refractivity contribution is 6.02. The predicted molar refractivity (Wildman–Crippen MR) is 45.5 cm³/mol. The summed E-state index contributed by atoms with van der Waals surface area (Å²) in [5, 5.41) is 0. The summed E-state index contributed by atoms with van der Waals surface area (Å²) in [6.45, 7) is 0.897. The second-order valence-electron chi connectivity index (χ2n) is 3.17. The second kappa shape index (κ2) is 5.05. The van der Waals surface area contributed by atoms with Crippen LogP contribution in [0, 0.1) is 5.92 Å². The lowest BCUT2D eigenvalue weighted by atomic mass is 9.93. The molecule has 0 aromatic carbocycles. The first kappa shape index (κ1) is 11.1. The molecular formula is C9H13FO4. The molecular weight excluding hydrogens is 191 g/mol. The number of ketones is 1. The van der Waals surface area contributed by atoms with Crippen LogP contribution in [-0.2, 0) is 19.1 Å². The molecule has 0 aromatic heterocycles. The number of esters is 1. The minimum absolute atomic E-state index is 0.405. The molecule has 1 fully saturated rings. The highest BCUT2D eigenvalue weighted by Crippen LogP contribution is 2.18. The summed E-state index contributed by atoms with van der Waals surface area (Å²) in [6.07, 6.45) is -1.17. The first-order chi connectivity index (χ1) is 6.66. The lowest BCUT2D eigenvalue weighted by Gasteiger charge is -2.21. The first-order valence-electron chi connectivity index (χ1n) is 4.50. The van der Waals surface area contributed by atoms with Gasteiger partial charge >= 0.3 is 5.97 Å². The van der Waals surface area contributed by atoms with E-state index >= 15 is 0 Å². The van der Waals surface area contributed by atoms with Crippen molar-refractivity contribution in [3.63, 3.8) is 0 Å². The SMILES string of the molecule is COC(=O)C(F)C(=O)C1CCOCC1. The predicted octanol–water partition coefficient (Wildman–Crippen LogP) is 0.493. The molecule has 4 nitrogen and oxygen atoms in total. The maximum Gasteiger partial charge on any atom is 0.348 e. The molecule has 0 aromatic rings. The fourth-order valence-electron chi connectivity index (χ4n) is 1.41. The summed E-state index contributed by atoms with van der Waals surface area (Å²) in [7, 11) is 1.06. The van der Waals surface area contributed by atoms with Crippen LogP contribution in [0.15, 0.2) is 0 Å². The van der Waals surface area contributed by atoms with Crippen LogP contribution in [0.3, 0.4) is 0 Å². The molecule has 0 radical (unpaired) electrons. The quantitative estimate of drug-likeness (QED) is 0.496. The third-order valence-electron chi connectivity index (χ3n) is 2.28. The summed E-state index contributed by atoms with van der Waals surface area (Å²) in [4.78, 5) is 22.1. The lowest BCUT2D eigenvalue weighted by Crippen LogP contribution is -2.35. The van der Waals surface area contributed by atoms with Gasteiger partial charge in [0, 0.05) is 19.1 Å². The Kier molecular flexibility index (Phi) is 4.00. The Balaban J connectivity index is 2.50. The van der Waals surface area contributed by atoms with Crippen molar-refractivity contribution in [2.24, 2.45) is 5.92 Å². The number of carbonyl (C=O) groups excluding carboxylic acids is 2. The summed E-state index contributed by atoms with van der Waals surface area (Å²) in [5.74, 6) is -2.19. The lowest BCUT2D eigenvalue weighted by molar-refractivity contribution is -0.152. The summed E-state index contributed by atoms with van der Waals surface area (Å²) >= 11 is 0. The minimum atomic E-state index is -2.14. The molecule has 0 spiro atoms. The van der Waals surface area contributed by atoms with Gasteiger partial charge in [-0.25, -0.2) is 9.18 Å². The van der Waals surface area contributed by atoms with Gasteiger partial charge in [0.25, 0.3) is 6.17 Å². The number of alkyl halides is 1. The van der Waals surface area contributed by atoms with Crippen LogP contribution in [0.25, 0.3) is 0 Å². The van der Waals surface area contributed by atoms with E-state index in [-0.39, 0.29) is 0 Å². The monoisotopic (exact) mass is 204 g/mol. The Labute approximate surface area is 81.4 Å².